The number of hydrogen-bond acceptors (Lipinski definition) is 2. The van der Waals surface area contributed by atoms with Gasteiger partial charge in [-0.2, -0.15) is 0 Å². The summed E-state index contributed by atoms with van der Waals surface area (Å²) in [6, 6.07) is 0.344. The number of nitrogens with two attached hydrogens (primary N) is 2. The van der Waals surface area contributed by atoms with Gasteiger partial charge in [0.15, 0.2) is 0 Å². The second-order valence-corrected chi connectivity index (χ2v) is 6.09. The number of hydrogen-bond donors (Lipinski definition) is 2. The van der Waals surface area contributed by atoms with Crippen LogP contribution in [0.1, 0.15) is 47.0 Å². The van der Waals surface area contributed by atoms with E-state index >= 15 is 0 Å². The second kappa shape index (κ2) is 3.25. The Hall–Kier alpha value is -0.0800. The van der Waals surface area contributed by atoms with Crippen LogP contribution in [0.5, 0.6) is 0 Å². The Balaban J connectivity index is 2.69. The zero-order valence-electron chi connectivity index (χ0n) is 9.43. The highest BCUT2D eigenvalue weighted by Crippen LogP contribution is 2.41. The molecule has 78 valence electrons. The van der Waals surface area contributed by atoms with E-state index in [1.54, 1.807) is 0 Å². The first-order chi connectivity index (χ1) is 5.71. The van der Waals surface area contributed by atoms with E-state index in [9.17, 15) is 0 Å². The lowest BCUT2D eigenvalue weighted by atomic mass is 9.65. The summed E-state index contributed by atoms with van der Waals surface area (Å²) in [5.41, 5.74) is 12.5. The maximum Gasteiger partial charge on any atom is 0.0126 e. The van der Waals surface area contributed by atoms with Crippen LogP contribution in [0, 0.1) is 11.3 Å². The van der Waals surface area contributed by atoms with E-state index in [0.29, 0.717) is 17.4 Å². The lowest BCUT2D eigenvalue weighted by Crippen LogP contribution is -2.49. The van der Waals surface area contributed by atoms with Crippen LogP contribution in [0.4, 0.5) is 0 Å². The van der Waals surface area contributed by atoms with Gasteiger partial charge in [0.05, 0.1) is 0 Å². The van der Waals surface area contributed by atoms with Gasteiger partial charge in [0.2, 0.25) is 0 Å². The highest BCUT2D eigenvalue weighted by Gasteiger charge is 2.37. The van der Waals surface area contributed by atoms with E-state index in [2.05, 4.69) is 27.7 Å². The van der Waals surface area contributed by atoms with E-state index in [1.165, 1.54) is 6.42 Å². The molecule has 1 fully saturated rings. The van der Waals surface area contributed by atoms with Crippen molar-refractivity contribution in [2.24, 2.45) is 22.8 Å². The van der Waals surface area contributed by atoms with Crippen molar-refractivity contribution >= 4 is 0 Å². The van der Waals surface area contributed by atoms with E-state index in [-0.39, 0.29) is 5.54 Å². The van der Waals surface area contributed by atoms with Gasteiger partial charge in [-0.15, -0.1) is 0 Å². The fourth-order valence-corrected chi connectivity index (χ4v) is 2.56. The van der Waals surface area contributed by atoms with Gasteiger partial charge in [-0.1, -0.05) is 13.8 Å². The second-order valence-electron chi connectivity index (χ2n) is 6.09. The first kappa shape index (κ1) is 11.0. The third kappa shape index (κ3) is 2.96. The van der Waals surface area contributed by atoms with Crippen molar-refractivity contribution in [1.82, 2.24) is 0 Å². The maximum atomic E-state index is 6.14. The van der Waals surface area contributed by atoms with E-state index in [4.69, 9.17) is 11.5 Å². The molecule has 2 unspecified atom stereocenters. The minimum absolute atomic E-state index is 0.0741. The zero-order valence-corrected chi connectivity index (χ0v) is 9.43. The summed E-state index contributed by atoms with van der Waals surface area (Å²) in [6.07, 6.45) is 3.44. The van der Waals surface area contributed by atoms with E-state index in [1.807, 2.05) is 0 Å². The minimum Gasteiger partial charge on any atom is -0.328 e. The smallest absolute Gasteiger partial charge is 0.0126 e. The van der Waals surface area contributed by atoms with Crippen molar-refractivity contribution in [1.29, 1.82) is 0 Å². The molecule has 0 saturated heterocycles. The van der Waals surface area contributed by atoms with Crippen molar-refractivity contribution in [3.8, 4) is 0 Å². The monoisotopic (exact) mass is 184 g/mol. The molecule has 1 saturated carbocycles. The van der Waals surface area contributed by atoms with Crippen LogP contribution in [0.25, 0.3) is 0 Å². The standard InChI is InChI=1S/C11H24N2/c1-10(2)6-8(11(3,4)13)5-9(12)7-10/h8-9H,5-7,12-13H2,1-4H3. The normalized spacial score (nSPS) is 34.6. The van der Waals surface area contributed by atoms with Gasteiger partial charge in [-0.3, -0.25) is 0 Å². The summed E-state index contributed by atoms with van der Waals surface area (Å²) in [5.74, 6) is 0.575. The molecule has 13 heavy (non-hydrogen) atoms. The molecule has 0 aromatic heterocycles. The van der Waals surface area contributed by atoms with Crippen molar-refractivity contribution in [3.63, 3.8) is 0 Å². The quantitative estimate of drug-likeness (QED) is 0.653. The topological polar surface area (TPSA) is 52.0 Å². The maximum absolute atomic E-state index is 6.14. The van der Waals surface area contributed by atoms with Crippen LogP contribution in [0.3, 0.4) is 0 Å². The van der Waals surface area contributed by atoms with E-state index in [0.717, 1.165) is 12.8 Å². The predicted octanol–water partition coefficient (Wildman–Crippen LogP) is 1.88. The van der Waals surface area contributed by atoms with Crippen LogP contribution >= 0.6 is 0 Å². The Morgan fingerprint density at radius 2 is 1.77 bits per heavy atom. The molecule has 0 aromatic carbocycles. The van der Waals surface area contributed by atoms with Crippen molar-refractivity contribution in [3.05, 3.63) is 0 Å². The molecule has 0 heterocycles. The molecule has 2 heteroatoms. The van der Waals surface area contributed by atoms with Crippen LogP contribution in [-0.4, -0.2) is 11.6 Å². The summed E-state index contributed by atoms with van der Waals surface area (Å²) >= 11 is 0. The van der Waals surface area contributed by atoms with Gasteiger partial charge in [0.25, 0.3) is 0 Å². The first-order valence-electron chi connectivity index (χ1n) is 5.25. The highest BCUT2D eigenvalue weighted by molar-refractivity contribution is 4.94. The molecular formula is C11H24N2. The Morgan fingerprint density at radius 3 is 2.15 bits per heavy atom. The number of rotatable bonds is 1. The molecule has 1 rings (SSSR count). The molecule has 1 aliphatic rings. The molecule has 0 spiro atoms. The van der Waals surface area contributed by atoms with Gasteiger partial charge >= 0.3 is 0 Å². The van der Waals surface area contributed by atoms with Crippen LogP contribution in [-0.2, 0) is 0 Å². The average Bonchev–Trinajstić information content (AvgIpc) is 1.79. The molecule has 4 N–H and O–H groups in total. The largest absolute Gasteiger partial charge is 0.328 e. The molecule has 2 atom stereocenters. The molecule has 1 aliphatic carbocycles. The minimum atomic E-state index is -0.0741. The van der Waals surface area contributed by atoms with Gasteiger partial charge in [-0.05, 0) is 44.4 Å². The fraction of sp³-hybridized carbons (Fsp3) is 1.00. The third-order valence-corrected chi connectivity index (χ3v) is 3.25. The Kier molecular flexibility index (Phi) is 2.75. The van der Waals surface area contributed by atoms with Crippen molar-refractivity contribution in [2.45, 2.75) is 58.5 Å². The summed E-state index contributed by atoms with van der Waals surface area (Å²) in [4.78, 5) is 0. The lowest BCUT2D eigenvalue weighted by Gasteiger charge is -2.44. The SMILES string of the molecule is CC1(C)CC(N)CC(C(C)(C)N)C1. The zero-order chi connectivity index (χ0) is 10.3. The van der Waals surface area contributed by atoms with Crippen LogP contribution < -0.4 is 11.5 Å². The van der Waals surface area contributed by atoms with Gasteiger partial charge in [0.1, 0.15) is 0 Å². The lowest BCUT2D eigenvalue weighted by molar-refractivity contribution is 0.114. The van der Waals surface area contributed by atoms with Gasteiger partial charge < -0.3 is 11.5 Å². The average molecular weight is 184 g/mol. The summed E-state index contributed by atoms with van der Waals surface area (Å²) in [6.45, 7) is 8.83. The molecule has 0 amide bonds. The predicted molar refractivity (Wildman–Crippen MR) is 57.4 cm³/mol. The Morgan fingerprint density at radius 1 is 1.23 bits per heavy atom. The summed E-state index contributed by atoms with van der Waals surface area (Å²) < 4.78 is 0. The summed E-state index contributed by atoms with van der Waals surface area (Å²) in [7, 11) is 0. The molecular weight excluding hydrogens is 160 g/mol. The fourth-order valence-electron chi connectivity index (χ4n) is 2.56. The van der Waals surface area contributed by atoms with Crippen molar-refractivity contribution in [2.75, 3.05) is 0 Å². The Labute approximate surface area is 82.1 Å². The van der Waals surface area contributed by atoms with Crippen LogP contribution in [0.2, 0.25) is 0 Å². The molecule has 0 aliphatic heterocycles. The van der Waals surface area contributed by atoms with Gasteiger partial charge in [0, 0.05) is 11.6 Å². The van der Waals surface area contributed by atoms with Crippen LogP contribution in [0.15, 0.2) is 0 Å². The Bertz CT molecular complexity index is 179. The third-order valence-electron chi connectivity index (χ3n) is 3.25. The molecule has 0 radical (unpaired) electrons. The first-order valence-corrected chi connectivity index (χ1v) is 5.25. The molecule has 0 bridgehead atoms. The van der Waals surface area contributed by atoms with Crippen molar-refractivity contribution < 1.29 is 0 Å². The highest BCUT2D eigenvalue weighted by atomic mass is 14.8. The van der Waals surface area contributed by atoms with E-state index < -0.39 is 0 Å². The molecule has 0 aromatic rings. The van der Waals surface area contributed by atoms with Gasteiger partial charge in [-0.25, -0.2) is 0 Å². The molecule has 2 nitrogen and oxygen atoms in total. The summed E-state index contributed by atoms with van der Waals surface area (Å²) in [5, 5.41) is 0.